The highest BCUT2D eigenvalue weighted by atomic mass is 19.1. The zero-order valence-electron chi connectivity index (χ0n) is 16.2. The highest BCUT2D eigenvalue weighted by Gasteiger charge is 2.46. The zero-order valence-corrected chi connectivity index (χ0v) is 16.2. The number of aryl methyl sites for hydroxylation is 1. The lowest BCUT2D eigenvalue weighted by Gasteiger charge is -2.52. The molecule has 1 saturated heterocycles. The Hall–Kier alpha value is -2.89. The molecule has 0 aromatic heterocycles. The minimum atomic E-state index is -0.542. The highest BCUT2D eigenvalue weighted by Crippen LogP contribution is 2.37. The fraction of sp³-hybridized carbons (Fsp3) is 0.364. The van der Waals surface area contributed by atoms with E-state index in [-0.39, 0.29) is 11.8 Å². The Morgan fingerprint density at radius 1 is 1.18 bits per heavy atom. The molecular weight excluding hydrogens is 357 g/mol. The van der Waals surface area contributed by atoms with Crippen molar-refractivity contribution in [1.29, 1.82) is 0 Å². The lowest BCUT2D eigenvalue weighted by atomic mass is 9.89. The lowest BCUT2D eigenvalue weighted by Crippen LogP contribution is -2.68. The van der Waals surface area contributed by atoms with Gasteiger partial charge in [0.05, 0.1) is 11.3 Å². The van der Waals surface area contributed by atoms with Crippen molar-refractivity contribution in [3.63, 3.8) is 0 Å². The van der Waals surface area contributed by atoms with Crippen LogP contribution in [0.2, 0.25) is 0 Å². The molecule has 2 aliphatic rings. The van der Waals surface area contributed by atoms with E-state index < -0.39 is 11.5 Å². The average Bonchev–Trinajstić information content (AvgIpc) is 2.69. The summed E-state index contributed by atoms with van der Waals surface area (Å²) in [5, 5.41) is 3.11. The number of rotatable bonds is 2. The van der Waals surface area contributed by atoms with Crippen LogP contribution in [0.3, 0.4) is 0 Å². The minimum Gasteiger partial charge on any atom is -0.348 e. The predicted molar refractivity (Wildman–Crippen MR) is 106 cm³/mol. The summed E-state index contributed by atoms with van der Waals surface area (Å²) >= 11 is 0. The number of carbonyl (C=O) groups excluding carboxylic acids is 2. The van der Waals surface area contributed by atoms with Crippen LogP contribution in [0.1, 0.15) is 46.0 Å². The van der Waals surface area contributed by atoms with Crippen molar-refractivity contribution in [2.24, 2.45) is 0 Å². The van der Waals surface area contributed by atoms with Crippen LogP contribution in [0, 0.1) is 12.7 Å². The molecule has 1 N–H and O–H groups in total. The number of nitrogens with one attached hydrogen (secondary N) is 1. The standard InChI is InChI=1S/C22H24FN3O2/c1-3-26-19-9-8-16(23)14-18(19)20(27)24-22(26)10-12-25(13-11-22)21(28)17-7-5-4-6-15(17)2/h4-9,14H,3,10-13H2,1-2H3,(H,24,27). The Labute approximate surface area is 164 Å². The molecule has 28 heavy (non-hydrogen) atoms. The third-order valence-electron chi connectivity index (χ3n) is 5.93. The second-order valence-corrected chi connectivity index (χ2v) is 7.50. The first-order valence-corrected chi connectivity index (χ1v) is 9.70. The summed E-state index contributed by atoms with van der Waals surface area (Å²) in [5.74, 6) is -0.641. The number of likely N-dealkylation sites (tertiary alicyclic amines) is 1. The van der Waals surface area contributed by atoms with Gasteiger partial charge in [-0.25, -0.2) is 4.39 Å². The maximum Gasteiger partial charge on any atom is 0.255 e. The van der Waals surface area contributed by atoms with E-state index in [0.717, 1.165) is 16.8 Å². The Morgan fingerprint density at radius 2 is 1.89 bits per heavy atom. The van der Waals surface area contributed by atoms with Gasteiger partial charge in [0.25, 0.3) is 11.8 Å². The average molecular weight is 381 g/mol. The molecule has 2 heterocycles. The quantitative estimate of drug-likeness (QED) is 0.868. The van der Waals surface area contributed by atoms with Crippen LogP contribution in [0.15, 0.2) is 42.5 Å². The summed E-state index contributed by atoms with van der Waals surface area (Å²) in [4.78, 5) is 29.6. The van der Waals surface area contributed by atoms with E-state index in [2.05, 4.69) is 10.2 Å². The van der Waals surface area contributed by atoms with Crippen molar-refractivity contribution in [2.45, 2.75) is 32.4 Å². The first kappa shape index (κ1) is 18.5. The van der Waals surface area contributed by atoms with Gasteiger partial charge in [0.1, 0.15) is 11.5 Å². The number of hydrogen-bond acceptors (Lipinski definition) is 3. The maximum absolute atomic E-state index is 13.6. The first-order valence-electron chi connectivity index (χ1n) is 9.70. The number of halogens is 1. The van der Waals surface area contributed by atoms with Gasteiger partial charge < -0.3 is 15.1 Å². The SMILES string of the molecule is CCN1c2ccc(F)cc2C(=O)NC12CCN(C(=O)c1ccccc1C)CC2. The Bertz CT molecular complexity index is 935. The molecule has 2 amide bonds. The largest absolute Gasteiger partial charge is 0.348 e. The molecule has 4 rings (SSSR count). The Balaban J connectivity index is 1.58. The van der Waals surface area contributed by atoms with Gasteiger partial charge in [-0.15, -0.1) is 0 Å². The van der Waals surface area contributed by atoms with Crippen molar-refractivity contribution in [3.8, 4) is 0 Å². The summed E-state index contributed by atoms with van der Waals surface area (Å²) in [6.07, 6.45) is 1.25. The number of nitrogens with zero attached hydrogens (tertiary/aromatic N) is 2. The van der Waals surface area contributed by atoms with Gasteiger partial charge in [-0.2, -0.15) is 0 Å². The number of piperidine rings is 1. The Kier molecular flexibility index (Phi) is 4.57. The number of anilines is 1. The molecule has 0 radical (unpaired) electrons. The molecule has 0 atom stereocenters. The third kappa shape index (κ3) is 2.93. The van der Waals surface area contributed by atoms with Gasteiger partial charge in [-0.05, 0) is 43.7 Å². The van der Waals surface area contributed by atoms with Crippen molar-refractivity contribution >= 4 is 17.5 Å². The molecule has 0 saturated carbocycles. The summed E-state index contributed by atoms with van der Waals surface area (Å²) in [7, 11) is 0. The third-order valence-corrected chi connectivity index (χ3v) is 5.93. The van der Waals surface area contributed by atoms with Gasteiger partial charge >= 0.3 is 0 Å². The highest BCUT2D eigenvalue weighted by molar-refractivity contribution is 6.02. The summed E-state index contributed by atoms with van der Waals surface area (Å²) < 4.78 is 13.6. The van der Waals surface area contributed by atoms with Crippen molar-refractivity contribution < 1.29 is 14.0 Å². The molecule has 0 aliphatic carbocycles. The first-order chi connectivity index (χ1) is 13.4. The van der Waals surface area contributed by atoms with Crippen molar-refractivity contribution in [2.75, 3.05) is 24.5 Å². The number of benzene rings is 2. The molecule has 2 aromatic carbocycles. The smallest absolute Gasteiger partial charge is 0.255 e. The minimum absolute atomic E-state index is 0.0283. The molecule has 1 spiro atoms. The lowest BCUT2D eigenvalue weighted by molar-refractivity contribution is 0.0603. The topological polar surface area (TPSA) is 52.7 Å². The summed E-state index contributed by atoms with van der Waals surface area (Å²) in [5.41, 5.74) is 2.26. The Morgan fingerprint density at radius 3 is 2.57 bits per heavy atom. The second kappa shape index (κ2) is 6.93. The summed E-state index contributed by atoms with van der Waals surface area (Å²) in [6.45, 7) is 5.76. The van der Waals surface area contributed by atoms with Gasteiger partial charge in [0.2, 0.25) is 0 Å². The number of hydrogen-bond donors (Lipinski definition) is 1. The van der Waals surface area contributed by atoms with E-state index in [1.54, 1.807) is 6.07 Å². The van der Waals surface area contributed by atoms with E-state index in [4.69, 9.17) is 0 Å². The molecular formula is C22H24FN3O2. The van der Waals surface area contributed by atoms with Crippen LogP contribution in [-0.2, 0) is 0 Å². The number of amides is 2. The van der Waals surface area contributed by atoms with Gasteiger partial charge in [0.15, 0.2) is 0 Å². The van der Waals surface area contributed by atoms with E-state index in [0.29, 0.717) is 38.0 Å². The summed E-state index contributed by atoms with van der Waals surface area (Å²) in [6, 6.07) is 12.0. The molecule has 0 bridgehead atoms. The normalized spacial score (nSPS) is 18.0. The zero-order chi connectivity index (χ0) is 19.9. The molecule has 146 valence electrons. The van der Waals surface area contributed by atoms with Gasteiger partial charge in [-0.1, -0.05) is 18.2 Å². The monoisotopic (exact) mass is 381 g/mol. The molecule has 1 fully saturated rings. The van der Waals surface area contributed by atoms with Gasteiger partial charge in [0, 0.05) is 38.0 Å². The van der Waals surface area contributed by atoms with Crippen LogP contribution < -0.4 is 10.2 Å². The van der Waals surface area contributed by atoms with Crippen LogP contribution in [0.25, 0.3) is 0 Å². The van der Waals surface area contributed by atoms with Crippen molar-refractivity contribution in [1.82, 2.24) is 10.2 Å². The van der Waals surface area contributed by atoms with E-state index in [9.17, 15) is 14.0 Å². The molecule has 2 aromatic rings. The molecule has 2 aliphatic heterocycles. The van der Waals surface area contributed by atoms with Crippen LogP contribution in [0.4, 0.5) is 10.1 Å². The predicted octanol–water partition coefficient (Wildman–Crippen LogP) is 3.34. The second-order valence-electron chi connectivity index (χ2n) is 7.50. The molecule has 0 unspecified atom stereocenters. The van der Waals surface area contributed by atoms with Crippen molar-refractivity contribution in [3.05, 3.63) is 65.0 Å². The van der Waals surface area contributed by atoms with E-state index in [1.807, 2.05) is 43.0 Å². The fourth-order valence-corrected chi connectivity index (χ4v) is 4.43. The van der Waals surface area contributed by atoms with E-state index in [1.165, 1.54) is 12.1 Å². The van der Waals surface area contributed by atoms with E-state index >= 15 is 0 Å². The van der Waals surface area contributed by atoms with Crippen LogP contribution in [-0.4, -0.2) is 42.0 Å². The molecule has 6 heteroatoms. The number of carbonyl (C=O) groups is 2. The van der Waals surface area contributed by atoms with Gasteiger partial charge in [-0.3, -0.25) is 9.59 Å². The number of fused-ring (bicyclic) bond motifs is 1. The molecule has 5 nitrogen and oxygen atoms in total. The maximum atomic E-state index is 13.6. The fourth-order valence-electron chi connectivity index (χ4n) is 4.43. The van der Waals surface area contributed by atoms with Crippen LogP contribution >= 0.6 is 0 Å². The van der Waals surface area contributed by atoms with Crippen LogP contribution in [0.5, 0.6) is 0 Å².